The van der Waals surface area contributed by atoms with Crippen LogP contribution in [0.1, 0.15) is 19.4 Å². The monoisotopic (exact) mass is 256 g/mol. The average molecular weight is 256 g/mol. The summed E-state index contributed by atoms with van der Waals surface area (Å²) in [5, 5.41) is -0.438. The largest absolute Gasteiger partial charge is 0.377 e. The Morgan fingerprint density at radius 1 is 1.24 bits per heavy atom. The van der Waals surface area contributed by atoms with Crippen molar-refractivity contribution >= 4 is 21.4 Å². The zero-order chi connectivity index (χ0) is 13.2. The number of aryl methyl sites for hydroxylation is 1. The average Bonchev–Trinajstić information content (AvgIpc) is 2.20. The summed E-state index contributed by atoms with van der Waals surface area (Å²) in [4.78, 5) is 1.96. The molecule has 1 aromatic carbocycles. The lowest BCUT2D eigenvalue weighted by atomic mass is 10.2. The predicted molar refractivity (Wildman–Crippen MR) is 73.2 cm³/mol. The summed E-state index contributed by atoms with van der Waals surface area (Å²) in [6, 6.07) is 5.53. The van der Waals surface area contributed by atoms with Crippen LogP contribution in [0.5, 0.6) is 0 Å². The summed E-state index contributed by atoms with van der Waals surface area (Å²) in [6.07, 6.45) is 0. The Morgan fingerprint density at radius 3 is 2.29 bits per heavy atom. The van der Waals surface area contributed by atoms with Gasteiger partial charge < -0.3 is 4.90 Å². The molecule has 0 aliphatic carbocycles. The first-order chi connectivity index (χ1) is 7.74. The van der Waals surface area contributed by atoms with E-state index in [0.29, 0.717) is 5.69 Å². The van der Waals surface area contributed by atoms with Crippen molar-refractivity contribution in [2.24, 2.45) is 0 Å². The molecule has 0 radical (unpaired) electrons. The molecular formula is C12H20N2O2S. The van der Waals surface area contributed by atoms with Gasteiger partial charge in [0.2, 0.25) is 10.0 Å². The van der Waals surface area contributed by atoms with Crippen LogP contribution in [0.4, 0.5) is 11.4 Å². The molecule has 1 N–H and O–H groups in total. The maximum Gasteiger partial charge on any atom is 0.235 e. The molecular weight excluding hydrogens is 236 g/mol. The number of sulfonamides is 1. The molecule has 0 fully saturated rings. The van der Waals surface area contributed by atoms with Gasteiger partial charge in [0.05, 0.1) is 10.9 Å². The van der Waals surface area contributed by atoms with Crippen molar-refractivity contribution in [3.8, 4) is 0 Å². The van der Waals surface area contributed by atoms with Crippen molar-refractivity contribution in [1.29, 1.82) is 0 Å². The van der Waals surface area contributed by atoms with E-state index in [1.165, 1.54) is 0 Å². The number of nitrogens with one attached hydrogen (secondary N) is 1. The van der Waals surface area contributed by atoms with Crippen molar-refractivity contribution < 1.29 is 8.42 Å². The number of rotatable bonds is 4. The molecule has 5 heteroatoms. The van der Waals surface area contributed by atoms with Crippen molar-refractivity contribution in [2.75, 3.05) is 23.7 Å². The zero-order valence-corrected chi connectivity index (χ0v) is 11.8. The van der Waals surface area contributed by atoms with Gasteiger partial charge in [-0.25, -0.2) is 8.42 Å². The first kappa shape index (κ1) is 13.8. The highest BCUT2D eigenvalue weighted by Gasteiger charge is 2.16. The standard InChI is InChI=1S/C12H20N2O2S/c1-9(2)17(15,16)13-11-7-6-10(3)12(8-11)14(4)5/h6-9,13H,1-5H3. The Labute approximate surface area is 104 Å². The van der Waals surface area contributed by atoms with Gasteiger partial charge in [-0.2, -0.15) is 0 Å². The molecule has 1 aromatic rings. The van der Waals surface area contributed by atoms with E-state index in [-0.39, 0.29) is 0 Å². The predicted octanol–water partition coefficient (Wildman–Crippen LogP) is 2.21. The Hall–Kier alpha value is -1.23. The van der Waals surface area contributed by atoms with Crippen molar-refractivity contribution in [2.45, 2.75) is 26.0 Å². The molecule has 4 nitrogen and oxygen atoms in total. The summed E-state index contributed by atoms with van der Waals surface area (Å²) in [6.45, 7) is 5.31. The van der Waals surface area contributed by atoms with Crippen LogP contribution >= 0.6 is 0 Å². The Kier molecular flexibility index (Phi) is 4.03. The van der Waals surface area contributed by atoms with E-state index in [0.717, 1.165) is 11.3 Å². The highest BCUT2D eigenvalue weighted by molar-refractivity contribution is 7.93. The van der Waals surface area contributed by atoms with Crippen molar-refractivity contribution in [3.05, 3.63) is 23.8 Å². The van der Waals surface area contributed by atoms with Crippen LogP contribution in [0, 0.1) is 6.92 Å². The van der Waals surface area contributed by atoms with Gasteiger partial charge in [-0.15, -0.1) is 0 Å². The molecule has 0 heterocycles. The minimum Gasteiger partial charge on any atom is -0.377 e. The minimum atomic E-state index is -3.28. The van der Waals surface area contributed by atoms with E-state index in [4.69, 9.17) is 0 Å². The molecule has 0 bridgehead atoms. The lowest BCUT2D eigenvalue weighted by Crippen LogP contribution is -2.22. The van der Waals surface area contributed by atoms with Crippen molar-refractivity contribution in [3.63, 3.8) is 0 Å². The fourth-order valence-corrected chi connectivity index (χ4v) is 2.13. The van der Waals surface area contributed by atoms with Gasteiger partial charge in [0.15, 0.2) is 0 Å². The fourth-order valence-electron chi connectivity index (χ4n) is 1.44. The van der Waals surface area contributed by atoms with E-state index < -0.39 is 15.3 Å². The molecule has 17 heavy (non-hydrogen) atoms. The smallest absolute Gasteiger partial charge is 0.235 e. The molecule has 0 saturated heterocycles. The molecule has 0 saturated carbocycles. The summed E-state index contributed by atoms with van der Waals surface area (Å²) >= 11 is 0. The molecule has 0 amide bonds. The van der Waals surface area contributed by atoms with Crippen LogP contribution in [0.15, 0.2) is 18.2 Å². The summed E-state index contributed by atoms with van der Waals surface area (Å²) in [5.74, 6) is 0. The number of hydrogen-bond donors (Lipinski definition) is 1. The number of nitrogens with zero attached hydrogens (tertiary/aromatic N) is 1. The Balaban J connectivity index is 3.06. The van der Waals surface area contributed by atoms with Gasteiger partial charge in [-0.3, -0.25) is 4.72 Å². The molecule has 0 unspecified atom stereocenters. The Morgan fingerprint density at radius 2 is 1.82 bits per heavy atom. The Bertz CT molecular complexity index is 493. The van der Waals surface area contributed by atoms with E-state index >= 15 is 0 Å². The first-order valence-corrected chi connectivity index (χ1v) is 7.08. The summed E-state index contributed by atoms with van der Waals surface area (Å²) in [7, 11) is 0.592. The molecule has 0 spiro atoms. The lowest BCUT2D eigenvalue weighted by molar-refractivity contribution is 0.593. The van der Waals surface area contributed by atoms with Gasteiger partial charge in [0.1, 0.15) is 0 Å². The van der Waals surface area contributed by atoms with Crippen LogP contribution in [0.25, 0.3) is 0 Å². The van der Waals surface area contributed by atoms with Crippen LogP contribution in [0.2, 0.25) is 0 Å². The van der Waals surface area contributed by atoms with E-state index in [1.54, 1.807) is 19.9 Å². The lowest BCUT2D eigenvalue weighted by Gasteiger charge is -2.18. The maximum atomic E-state index is 11.7. The normalized spacial score (nSPS) is 11.6. The number of anilines is 2. The second-order valence-electron chi connectivity index (χ2n) is 4.59. The number of benzene rings is 1. The molecule has 1 rings (SSSR count). The van der Waals surface area contributed by atoms with E-state index in [1.807, 2.05) is 38.1 Å². The molecule has 0 aliphatic heterocycles. The van der Waals surface area contributed by atoms with E-state index in [2.05, 4.69) is 4.72 Å². The fraction of sp³-hybridized carbons (Fsp3) is 0.500. The third-order valence-electron chi connectivity index (χ3n) is 2.57. The third-order valence-corrected chi connectivity index (χ3v) is 4.33. The summed E-state index contributed by atoms with van der Waals surface area (Å²) < 4.78 is 26.1. The van der Waals surface area contributed by atoms with Crippen LogP contribution in [-0.4, -0.2) is 27.8 Å². The summed E-state index contributed by atoms with van der Waals surface area (Å²) in [5.41, 5.74) is 2.73. The quantitative estimate of drug-likeness (QED) is 0.898. The third kappa shape index (κ3) is 3.36. The van der Waals surface area contributed by atoms with E-state index in [9.17, 15) is 8.42 Å². The topological polar surface area (TPSA) is 49.4 Å². The second-order valence-corrected chi connectivity index (χ2v) is 6.83. The van der Waals surface area contributed by atoms with Crippen molar-refractivity contribution in [1.82, 2.24) is 0 Å². The van der Waals surface area contributed by atoms with Crippen LogP contribution in [-0.2, 0) is 10.0 Å². The molecule has 0 aliphatic rings. The van der Waals surface area contributed by atoms with Gasteiger partial charge >= 0.3 is 0 Å². The van der Waals surface area contributed by atoms with Gasteiger partial charge in [0.25, 0.3) is 0 Å². The first-order valence-electron chi connectivity index (χ1n) is 5.53. The molecule has 0 aromatic heterocycles. The number of hydrogen-bond acceptors (Lipinski definition) is 3. The molecule has 96 valence electrons. The highest BCUT2D eigenvalue weighted by Crippen LogP contribution is 2.23. The van der Waals surface area contributed by atoms with Crippen LogP contribution < -0.4 is 9.62 Å². The SMILES string of the molecule is Cc1ccc(NS(=O)(=O)C(C)C)cc1N(C)C. The minimum absolute atomic E-state index is 0.438. The maximum absolute atomic E-state index is 11.7. The molecule has 0 atom stereocenters. The van der Waals surface area contributed by atoms with Gasteiger partial charge in [-0.1, -0.05) is 6.07 Å². The van der Waals surface area contributed by atoms with Gasteiger partial charge in [-0.05, 0) is 38.5 Å². The highest BCUT2D eigenvalue weighted by atomic mass is 32.2. The zero-order valence-electron chi connectivity index (χ0n) is 11.0. The van der Waals surface area contributed by atoms with Crippen LogP contribution in [0.3, 0.4) is 0 Å². The second kappa shape index (κ2) is 4.96. The van der Waals surface area contributed by atoms with Gasteiger partial charge in [0, 0.05) is 19.8 Å².